The van der Waals surface area contributed by atoms with Crippen LogP contribution >= 0.6 is 0 Å². The van der Waals surface area contributed by atoms with E-state index in [1.165, 1.54) is 14.0 Å². The number of ether oxygens (including phenoxy) is 1. The third kappa shape index (κ3) is 10.6. The minimum Gasteiger partial charge on any atom is -0.481 e. The molecule has 1 rings (SSSR count). The number of rotatable bonds is 9. The zero-order valence-corrected chi connectivity index (χ0v) is 17.4. The highest BCUT2D eigenvalue weighted by Crippen LogP contribution is 2.30. The maximum Gasteiger partial charge on any atom is 0.303 e. The van der Waals surface area contributed by atoms with Gasteiger partial charge in [-0.2, -0.15) is 0 Å². The number of carboxylic acid groups (broad SMARTS) is 1. The normalized spacial score (nSPS) is 21.0. The molecule has 3 atom stereocenters. The van der Waals surface area contributed by atoms with Crippen LogP contribution in [0.4, 0.5) is 0 Å². The molecule has 0 unspecified atom stereocenters. The molecule has 28 heavy (non-hydrogen) atoms. The molecule has 0 bridgehead atoms. The van der Waals surface area contributed by atoms with E-state index in [1.807, 2.05) is 13.0 Å². The molecule has 0 spiro atoms. The van der Waals surface area contributed by atoms with Crippen molar-refractivity contribution in [3.05, 3.63) is 11.6 Å². The number of carboxylic acids is 1. The van der Waals surface area contributed by atoms with Crippen molar-refractivity contribution in [2.45, 2.75) is 71.6 Å². The first-order valence-corrected chi connectivity index (χ1v) is 9.68. The first kappa shape index (κ1) is 27.1. The molecule has 0 aromatic carbocycles. The summed E-state index contributed by atoms with van der Waals surface area (Å²) in [6.07, 6.45) is 3.49. The Balaban J connectivity index is 0.000000887. The molecule has 12 heteroatoms. The third-order valence-corrected chi connectivity index (χ3v) is 4.63. The SMILES string of the molecule is CCC(CC)O[C@@H]1C=C(C)C[C@H](CC(=O)O)[C@H]1NC(C)=O.[B][B]B([B])B([B])[B]. The lowest BCUT2D eigenvalue weighted by Gasteiger charge is -2.37. The van der Waals surface area contributed by atoms with E-state index in [-0.39, 0.29) is 42.9 Å². The van der Waals surface area contributed by atoms with Gasteiger partial charge in [0.15, 0.2) is 0 Å². The summed E-state index contributed by atoms with van der Waals surface area (Å²) < 4.78 is 6.10. The molecule has 1 amide bonds. The van der Waals surface area contributed by atoms with Crippen LogP contribution in [0, 0.1) is 5.92 Å². The molecule has 0 aromatic heterocycles. The lowest BCUT2D eigenvalue weighted by Crippen LogP contribution is -2.51. The second-order valence-electron chi connectivity index (χ2n) is 7.19. The van der Waals surface area contributed by atoms with E-state index in [0.29, 0.717) is 6.42 Å². The largest absolute Gasteiger partial charge is 0.481 e. The fourth-order valence-corrected chi connectivity index (χ4v) is 3.07. The van der Waals surface area contributed by atoms with Crippen molar-refractivity contribution in [2.24, 2.45) is 5.92 Å². The van der Waals surface area contributed by atoms with Crippen LogP contribution in [0.25, 0.3) is 0 Å². The average molecular weight is 373 g/mol. The molecule has 141 valence electrons. The van der Waals surface area contributed by atoms with Crippen LogP contribution in [0.15, 0.2) is 11.6 Å². The Labute approximate surface area is 176 Å². The monoisotopic (exact) mass is 374 g/mol. The minimum absolute atomic E-state index is 0.0406. The maximum atomic E-state index is 11.5. The van der Waals surface area contributed by atoms with E-state index >= 15 is 0 Å². The summed E-state index contributed by atoms with van der Waals surface area (Å²) >= 11 is 0. The van der Waals surface area contributed by atoms with Gasteiger partial charge in [0.1, 0.15) is 0 Å². The topological polar surface area (TPSA) is 75.6 Å². The molecular formula is C16H27B7NO4. The number of allylic oxidation sites excluding steroid dienone is 1. The van der Waals surface area contributed by atoms with Gasteiger partial charge in [-0.1, -0.05) is 25.5 Å². The van der Waals surface area contributed by atoms with E-state index in [4.69, 9.17) is 40.8 Å². The van der Waals surface area contributed by atoms with E-state index in [1.54, 1.807) is 0 Å². The lowest BCUT2D eigenvalue weighted by molar-refractivity contribution is -0.139. The van der Waals surface area contributed by atoms with Crippen molar-refractivity contribution < 1.29 is 19.4 Å². The molecule has 5 nitrogen and oxygen atoms in total. The Morgan fingerprint density at radius 1 is 1.36 bits per heavy atom. The molecule has 0 fully saturated rings. The van der Waals surface area contributed by atoms with Crippen molar-refractivity contribution >= 4 is 62.7 Å². The van der Waals surface area contributed by atoms with E-state index in [9.17, 15) is 9.59 Å². The predicted molar refractivity (Wildman–Crippen MR) is 121 cm³/mol. The van der Waals surface area contributed by atoms with Crippen LogP contribution in [0.5, 0.6) is 0 Å². The summed E-state index contributed by atoms with van der Waals surface area (Å²) in [6, 6.07) is -0.275. The highest BCUT2D eigenvalue weighted by molar-refractivity contribution is 7.81. The zero-order valence-electron chi connectivity index (χ0n) is 17.4. The molecule has 1 aliphatic rings. The molecule has 0 aromatic rings. The Kier molecular flexibility index (Phi) is 13.7. The van der Waals surface area contributed by atoms with Gasteiger partial charge in [-0.15, -0.1) is 0 Å². The van der Waals surface area contributed by atoms with Crippen LogP contribution in [-0.4, -0.2) is 86.0 Å². The molecule has 2 N–H and O–H groups in total. The number of hydrogen-bond acceptors (Lipinski definition) is 3. The first-order valence-electron chi connectivity index (χ1n) is 9.68. The summed E-state index contributed by atoms with van der Waals surface area (Å²) in [7, 11) is 21.6. The van der Waals surface area contributed by atoms with Gasteiger partial charge in [-0.25, -0.2) is 0 Å². The molecule has 9 radical (unpaired) electrons. The van der Waals surface area contributed by atoms with Gasteiger partial charge in [0, 0.05) is 57.7 Å². The second-order valence-corrected chi connectivity index (χ2v) is 7.19. The Morgan fingerprint density at radius 3 is 2.29 bits per heavy atom. The number of nitrogens with one attached hydrogen (secondary N) is 1. The number of amides is 1. The Morgan fingerprint density at radius 2 is 1.93 bits per heavy atom. The summed E-state index contributed by atoms with van der Waals surface area (Å²) in [6.45, 7) is 7.57. The molecule has 1 aliphatic carbocycles. The quantitative estimate of drug-likeness (QED) is 0.435. The summed E-state index contributed by atoms with van der Waals surface area (Å²) in [5, 5.41) is 12.0. The first-order chi connectivity index (χ1) is 13.0. The van der Waals surface area contributed by atoms with Gasteiger partial charge < -0.3 is 15.2 Å². The third-order valence-electron chi connectivity index (χ3n) is 4.63. The standard InChI is InChI=1S/C16H27NO4.B7/c1-5-13(6-2)21-14-8-10(3)7-12(9-15(19)20)16(14)17-11(4)18;1-5-7(4)6(2)3/h8,12-14,16H,5-7,9H2,1-4H3,(H,17,18)(H,19,20);/t12-,14-,16-;/m1./s1. The van der Waals surface area contributed by atoms with Crippen molar-refractivity contribution in [2.75, 3.05) is 0 Å². The van der Waals surface area contributed by atoms with Crippen LogP contribution in [-0.2, 0) is 14.3 Å². The van der Waals surface area contributed by atoms with Crippen LogP contribution < -0.4 is 5.32 Å². The molecule has 0 saturated heterocycles. The van der Waals surface area contributed by atoms with Crippen molar-refractivity contribution in [3.8, 4) is 0 Å². The molecule has 0 saturated carbocycles. The van der Waals surface area contributed by atoms with E-state index in [2.05, 4.69) is 19.2 Å². The fraction of sp³-hybridized carbons (Fsp3) is 0.750. The smallest absolute Gasteiger partial charge is 0.303 e. The summed E-state index contributed by atoms with van der Waals surface area (Å²) in [5.41, 5.74) is 1.12. The van der Waals surface area contributed by atoms with Gasteiger partial charge in [0.05, 0.1) is 24.7 Å². The van der Waals surface area contributed by atoms with Crippen LogP contribution in [0.2, 0.25) is 0 Å². The number of carbonyl (C=O) groups is 2. The molecule has 0 aliphatic heterocycles. The number of aliphatic carboxylic acids is 1. The van der Waals surface area contributed by atoms with Crippen molar-refractivity contribution in [3.63, 3.8) is 0 Å². The second kappa shape index (κ2) is 14.1. The zero-order chi connectivity index (χ0) is 21.9. The predicted octanol–water partition coefficient (Wildman–Crippen LogP) is -0.160. The highest BCUT2D eigenvalue weighted by atomic mass is 16.5. The van der Waals surface area contributed by atoms with Gasteiger partial charge in [0.2, 0.25) is 5.91 Å². The van der Waals surface area contributed by atoms with Crippen molar-refractivity contribution in [1.29, 1.82) is 0 Å². The average Bonchev–Trinajstić information content (AvgIpc) is 2.61. The summed E-state index contributed by atoms with van der Waals surface area (Å²) in [4.78, 5) is 22.5. The van der Waals surface area contributed by atoms with Crippen LogP contribution in [0.3, 0.4) is 0 Å². The maximum absolute atomic E-state index is 11.5. The van der Waals surface area contributed by atoms with Crippen LogP contribution in [0.1, 0.15) is 53.4 Å². The van der Waals surface area contributed by atoms with Gasteiger partial charge in [0.25, 0.3) is 0 Å². The number of hydrogen-bond donors (Lipinski definition) is 2. The minimum atomic E-state index is -0.841. The summed E-state index contributed by atoms with van der Waals surface area (Å²) in [5.74, 6) is -1.12. The molecular weight excluding hydrogens is 346 g/mol. The fourth-order valence-electron chi connectivity index (χ4n) is 3.07. The molecule has 0 heterocycles. The van der Waals surface area contributed by atoms with Gasteiger partial charge in [-0.3, -0.25) is 9.59 Å². The Bertz CT molecular complexity index is 517. The van der Waals surface area contributed by atoms with Gasteiger partial charge in [-0.05, 0) is 32.1 Å². The number of carbonyl (C=O) groups excluding carboxylic acids is 1. The van der Waals surface area contributed by atoms with E-state index in [0.717, 1.165) is 18.4 Å². The van der Waals surface area contributed by atoms with Crippen molar-refractivity contribution in [1.82, 2.24) is 5.32 Å². The Hall–Kier alpha value is -0.905. The lowest BCUT2D eigenvalue weighted by atomic mass is 8.76. The van der Waals surface area contributed by atoms with Gasteiger partial charge >= 0.3 is 5.97 Å². The van der Waals surface area contributed by atoms with E-state index < -0.39 is 12.4 Å². The highest BCUT2D eigenvalue weighted by Gasteiger charge is 2.35.